The van der Waals surface area contributed by atoms with Gasteiger partial charge in [0.15, 0.2) is 0 Å². The van der Waals surface area contributed by atoms with Crippen molar-refractivity contribution in [1.82, 2.24) is 0 Å². The maximum atomic E-state index is 6.00. The maximum absolute atomic E-state index is 6.00. The highest BCUT2D eigenvalue weighted by molar-refractivity contribution is 6.29. The molecule has 3 heteroatoms. The second kappa shape index (κ2) is 11.6. The molecule has 0 aromatic heterocycles. The van der Waals surface area contributed by atoms with Gasteiger partial charge in [0.1, 0.15) is 11.5 Å². The molecule has 0 fully saturated rings. The number of allylic oxidation sites excluding steroid dienone is 4. The van der Waals surface area contributed by atoms with Crippen molar-refractivity contribution in [3.8, 4) is 0 Å². The van der Waals surface area contributed by atoms with Gasteiger partial charge in [0, 0.05) is 10.7 Å². The number of hydrogen-bond donors (Lipinski definition) is 0. The van der Waals surface area contributed by atoms with Gasteiger partial charge in [-0.15, -0.1) is 0 Å². The minimum absolute atomic E-state index is 0.689. The molecule has 0 saturated carbocycles. The van der Waals surface area contributed by atoms with Crippen LogP contribution in [0.15, 0.2) is 39.2 Å². The van der Waals surface area contributed by atoms with E-state index in [-0.39, 0.29) is 0 Å². The molecule has 0 radical (unpaired) electrons. The van der Waals surface area contributed by atoms with Crippen molar-refractivity contribution in [2.75, 3.05) is 7.11 Å². The van der Waals surface area contributed by atoms with Gasteiger partial charge in [0.05, 0.1) is 7.11 Å². The van der Waals surface area contributed by atoms with Crippen molar-refractivity contribution >= 4 is 17.3 Å². The highest BCUT2D eigenvalue weighted by atomic mass is 35.5. The second-order valence-corrected chi connectivity index (χ2v) is 5.87. The van der Waals surface area contributed by atoms with Crippen molar-refractivity contribution in [1.29, 1.82) is 0 Å². The van der Waals surface area contributed by atoms with Crippen LogP contribution in [0.1, 0.15) is 66.7 Å². The Labute approximate surface area is 135 Å². The Morgan fingerprint density at radius 3 is 2.29 bits per heavy atom. The Balaban J connectivity index is 5.66. The molecule has 120 valence electrons. The number of methoxy groups -OCH3 is 1. The topological polar surface area (TPSA) is 21.6 Å². The van der Waals surface area contributed by atoms with E-state index >= 15 is 0 Å². The van der Waals surface area contributed by atoms with Gasteiger partial charge in [-0.25, -0.2) is 0 Å². The smallest absolute Gasteiger partial charge is 0.145 e. The van der Waals surface area contributed by atoms with Crippen LogP contribution in [0, 0.1) is 0 Å². The van der Waals surface area contributed by atoms with E-state index in [1.807, 2.05) is 13.0 Å². The highest BCUT2D eigenvalue weighted by Gasteiger charge is 2.08. The van der Waals surface area contributed by atoms with E-state index in [1.165, 1.54) is 6.42 Å². The summed E-state index contributed by atoms with van der Waals surface area (Å²) in [5.41, 5.74) is 3.16. The van der Waals surface area contributed by atoms with E-state index in [2.05, 4.69) is 33.8 Å². The van der Waals surface area contributed by atoms with Crippen molar-refractivity contribution in [3.63, 3.8) is 0 Å². The monoisotopic (exact) mass is 311 g/mol. The van der Waals surface area contributed by atoms with Gasteiger partial charge >= 0.3 is 0 Å². The van der Waals surface area contributed by atoms with Gasteiger partial charge in [0.25, 0.3) is 0 Å². The SMILES string of the molecule is CCC/C=C(C)/C(N=C(C)CCCC)=C(\C=C(/C)Cl)OC. The molecule has 0 rings (SSSR count). The minimum atomic E-state index is 0.689. The lowest BCUT2D eigenvalue weighted by molar-refractivity contribution is 0.302. The Kier molecular flexibility index (Phi) is 11.1. The molecule has 0 heterocycles. The average molecular weight is 312 g/mol. The highest BCUT2D eigenvalue weighted by Crippen LogP contribution is 2.22. The Morgan fingerprint density at radius 2 is 1.81 bits per heavy atom. The first-order valence-electron chi connectivity index (χ1n) is 7.79. The largest absolute Gasteiger partial charge is 0.494 e. The van der Waals surface area contributed by atoms with Crippen LogP contribution in [0.3, 0.4) is 0 Å². The van der Waals surface area contributed by atoms with Gasteiger partial charge in [-0.1, -0.05) is 44.4 Å². The number of nitrogens with zero attached hydrogens (tertiary/aromatic N) is 1. The van der Waals surface area contributed by atoms with Crippen molar-refractivity contribution in [2.45, 2.75) is 66.7 Å². The van der Waals surface area contributed by atoms with E-state index in [0.717, 1.165) is 48.4 Å². The summed E-state index contributed by atoms with van der Waals surface area (Å²) in [6.07, 6.45) is 9.55. The zero-order chi connectivity index (χ0) is 16.3. The quantitative estimate of drug-likeness (QED) is 0.275. The van der Waals surface area contributed by atoms with Crippen molar-refractivity contribution in [2.24, 2.45) is 4.99 Å². The molecule has 0 aliphatic carbocycles. The molecule has 0 saturated heterocycles. The molecular weight excluding hydrogens is 282 g/mol. The molecule has 0 atom stereocenters. The zero-order valence-corrected chi connectivity index (χ0v) is 15.2. The number of hydrogen-bond acceptors (Lipinski definition) is 2. The summed E-state index contributed by atoms with van der Waals surface area (Å²) < 4.78 is 5.50. The predicted molar refractivity (Wildman–Crippen MR) is 94.9 cm³/mol. The van der Waals surface area contributed by atoms with Crippen LogP contribution in [0.2, 0.25) is 0 Å². The molecule has 0 bridgehead atoms. The second-order valence-electron chi connectivity index (χ2n) is 5.27. The number of aliphatic imine (C=N–C) groups is 1. The summed E-state index contributed by atoms with van der Waals surface area (Å²) in [5, 5.41) is 0.689. The van der Waals surface area contributed by atoms with Crippen LogP contribution in [0.25, 0.3) is 0 Å². The molecule has 0 amide bonds. The first-order valence-corrected chi connectivity index (χ1v) is 8.17. The van der Waals surface area contributed by atoms with Crippen LogP contribution in [-0.4, -0.2) is 12.8 Å². The zero-order valence-electron chi connectivity index (χ0n) is 14.4. The molecule has 2 nitrogen and oxygen atoms in total. The molecule has 0 unspecified atom stereocenters. The van der Waals surface area contributed by atoms with Crippen molar-refractivity contribution in [3.05, 3.63) is 34.2 Å². The summed E-state index contributed by atoms with van der Waals surface area (Å²) in [5.74, 6) is 0.725. The van der Waals surface area contributed by atoms with Crippen LogP contribution in [0.5, 0.6) is 0 Å². The number of rotatable bonds is 9. The Hall–Kier alpha value is -1.02. The first kappa shape index (κ1) is 20.0. The summed E-state index contributed by atoms with van der Waals surface area (Å²) in [4.78, 5) is 4.79. The molecule has 0 spiro atoms. The van der Waals surface area contributed by atoms with Crippen LogP contribution < -0.4 is 0 Å². The lowest BCUT2D eigenvalue weighted by atomic mass is 10.1. The summed E-state index contributed by atoms with van der Waals surface area (Å²) in [6, 6.07) is 0. The van der Waals surface area contributed by atoms with Gasteiger partial charge < -0.3 is 4.74 Å². The van der Waals surface area contributed by atoms with E-state index in [4.69, 9.17) is 21.3 Å². The first-order chi connectivity index (χ1) is 9.96. The maximum Gasteiger partial charge on any atom is 0.145 e. The molecule has 21 heavy (non-hydrogen) atoms. The van der Waals surface area contributed by atoms with Crippen molar-refractivity contribution < 1.29 is 4.74 Å². The Morgan fingerprint density at radius 1 is 1.14 bits per heavy atom. The third kappa shape index (κ3) is 8.77. The molecule has 0 aromatic carbocycles. The summed E-state index contributed by atoms with van der Waals surface area (Å²) in [7, 11) is 1.66. The number of unbranched alkanes of at least 4 members (excludes halogenated alkanes) is 2. The normalized spacial score (nSPS) is 15.1. The fourth-order valence-electron chi connectivity index (χ4n) is 1.88. The van der Waals surface area contributed by atoms with Gasteiger partial charge in [-0.2, -0.15) is 0 Å². The third-order valence-corrected chi connectivity index (χ3v) is 3.20. The molecule has 0 aliphatic rings. The van der Waals surface area contributed by atoms with Gasteiger partial charge in [0.2, 0.25) is 0 Å². The molecule has 0 aromatic rings. The third-order valence-electron chi connectivity index (χ3n) is 3.09. The minimum Gasteiger partial charge on any atom is -0.494 e. The standard InChI is InChI=1S/C18H30ClNO/c1-7-9-11-14(3)18(17(21-6)13-15(4)19)20-16(5)12-10-8-2/h11,13H,7-10,12H2,1-6H3/b14-11+,15-13+,18-17-,20-16?. The summed E-state index contributed by atoms with van der Waals surface area (Å²) >= 11 is 6.00. The molecular formula is C18H30ClNO. The Bertz CT molecular complexity index is 426. The summed E-state index contributed by atoms with van der Waals surface area (Å²) in [6.45, 7) is 10.4. The fourth-order valence-corrected chi connectivity index (χ4v) is 1.98. The van der Waals surface area contributed by atoms with Crippen LogP contribution >= 0.6 is 11.6 Å². The number of halogens is 1. The van der Waals surface area contributed by atoms with E-state index in [1.54, 1.807) is 7.11 Å². The van der Waals surface area contributed by atoms with E-state index < -0.39 is 0 Å². The fraction of sp³-hybridized carbons (Fsp3) is 0.611. The lowest BCUT2D eigenvalue weighted by Crippen LogP contribution is -1.98. The van der Waals surface area contributed by atoms with Gasteiger partial charge in [-0.05, 0) is 51.7 Å². The lowest BCUT2D eigenvalue weighted by Gasteiger charge is -2.11. The van der Waals surface area contributed by atoms with E-state index in [9.17, 15) is 0 Å². The van der Waals surface area contributed by atoms with Crippen LogP contribution in [-0.2, 0) is 4.74 Å². The average Bonchev–Trinajstić information content (AvgIpc) is 2.45. The predicted octanol–water partition coefficient (Wildman–Crippen LogP) is 6.38. The number of ether oxygens (including phenoxy) is 1. The van der Waals surface area contributed by atoms with Gasteiger partial charge in [-0.3, -0.25) is 4.99 Å². The molecule has 0 N–H and O–H groups in total. The molecule has 0 aliphatic heterocycles. The van der Waals surface area contributed by atoms with Crippen LogP contribution in [0.4, 0.5) is 0 Å². The van der Waals surface area contributed by atoms with E-state index in [0.29, 0.717) is 5.03 Å².